The molecule has 1 amide bonds. The third kappa shape index (κ3) is 5.58. The van der Waals surface area contributed by atoms with E-state index in [4.69, 9.17) is 4.74 Å². The zero-order valence-electron chi connectivity index (χ0n) is 16.5. The Labute approximate surface area is 165 Å². The van der Waals surface area contributed by atoms with Crippen molar-refractivity contribution in [3.63, 3.8) is 0 Å². The summed E-state index contributed by atoms with van der Waals surface area (Å²) in [6, 6.07) is 5.24. The van der Waals surface area contributed by atoms with Gasteiger partial charge in [0, 0.05) is 32.7 Å². The van der Waals surface area contributed by atoms with Crippen molar-refractivity contribution in [1.29, 1.82) is 0 Å². The number of anilines is 1. The van der Waals surface area contributed by atoms with Crippen LogP contribution in [0, 0.1) is 5.82 Å². The van der Waals surface area contributed by atoms with Crippen molar-refractivity contribution in [3.8, 4) is 0 Å². The highest BCUT2D eigenvalue weighted by Gasteiger charge is 2.18. The molecule has 0 atom stereocenters. The molecule has 0 aliphatic carbocycles. The number of rotatable bonds is 6. The second-order valence-corrected chi connectivity index (χ2v) is 7.02. The van der Waals surface area contributed by atoms with Gasteiger partial charge in [-0.3, -0.25) is 4.79 Å². The maximum atomic E-state index is 14.5. The maximum absolute atomic E-state index is 14.5. The molecular formula is C20H30FN5O2. The van der Waals surface area contributed by atoms with E-state index in [9.17, 15) is 9.18 Å². The Balaban J connectivity index is 1.57. The quantitative estimate of drug-likeness (QED) is 0.566. The van der Waals surface area contributed by atoms with E-state index in [2.05, 4.69) is 15.6 Å². The zero-order chi connectivity index (χ0) is 19.8. The molecule has 2 aliphatic rings. The third-order valence-electron chi connectivity index (χ3n) is 4.99. The van der Waals surface area contributed by atoms with Crippen molar-refractivity contribution < 1.29 is 13.9 Å². The average molecular weight is 391 g/mol. The van der Waals surface area contributed by atoms with E-state index in [1.165, 1.54) is 6.07 Å². The number of hydrogen-bond donors (Lipinski definition) is 2. The molecule has 2 N–H and O–H groups in total. The molecule has 0 unspecified atom stereocenters. The highest BCUT2D eigenvalue weighted by atomic mass is 19.1. The number of likely N-dealkylation sites (tertiary alicyclic amines) is 1. The van der Waals surface area contributed by atoms with Gasteiger partial charge < -0.3 is 25.2 Å². The number of carbonyl (C=O) groups excluding carboxylic acids is 1. The zero-order valence-corrected chi connectivity index (χ0v) is 16.5. The molecule has 2 heterocycles. The number of guanidine groups is 1. The summed E-state index contributed by atoms with van der Waals surface area (Å²) in [5, 5.41) is 6.21. The summed E-state index contributed by atoms with van der Waals surface area (Å²) in [4.78, 5) is 20.5. The minimum absolute atomic E-state index is 0.0870. The number of ether oxygens (including phenoxy) is 1. The largest absolute Gasteiger partial charge is 0.378 e. The van der Waals surface area contributed by atoms with Gasteiger partial charge in [-0.1, -0.05) is 6.07 Å². The van der Waals surface area contributed by atoms with Crippen LogP contribution in [0.4, 0.5) is 10.1 Å². The molecule has 8 heteroatoms. The summed E-state index contributed by atoms with van der Waals surface area (Å²) in [6.45, 7) is 7.54. The lowest BCUT2D eigenvalue weighted by molar-refractivity contribution is -0.128. The Hall–Kier alpha value is -2.35. The predicted octanol–water partition coefficient (Wildman–Crippen LogP) is 1.34. The van der Waals surface area contributed by atoms with Gasteiger partial charge in [0.25, 0.3) is 0 Å². The van der Waals surface area contributed by atoms with E-state index in [1.54, 1.807) is 0 Å². The first kappa shape index (κ1) is 20.4. The number of morpholine rings is 1. The third-order valence-corrected chi connectivity index (χ3v) is 4.99. The topological polar surface area (TPSA) is 69.2 Å². The van der Waals surface area contributed by atoms with Crippen LogP contribution in [-0.2, 0) is 16.1 Å². The fourth-order valence-corrected chi connectivity index (χ4v) is 3.46. The van der Waals surface area contributed by atoms with Crippen molar-refractivity contribution in [1.82, 2.24) is 15.5 Å². The molecule has 0 radical (unpaired) electrons. The fourth-order valence-electron chi connectivity index (χ4n) is 3.46. The van der Waals surface area contributed by atoms with Crippen molar-refractivity contribution in [3.05, 3.63) is 29.6 Å². The predicted molar refractivity (Wildman–Crippen MR) is 108 cm³/mol. The van der Waals surface area contributed by atoms with Crippen LogP contribution in [0.5, 0.6) is 0 Å². The van der Waals surface area contributed by atoms with Crippen LogP contribution in [0.15, 0.2) is 23.2 Å². The normalized spacial score (nSPS) is 17.7. The lowest BCUT2D eigenvalue weighted by atomic mass is 10.1. The Morgan fingerprint density at radius 2 is 1.93 bits per heavy atom. The average Bonchev–Trinajstić information content (AvgIpc) is 3.25. The molecule has 2 saturated heterocycles. The SMILES string of the molecule is CCNC(=NCc1ccc(N2CCOCC2)c(F)c1)NCC(=O)N1CCCC1. The van der Waals surface area contributed by atoms with E-state index in [0.717, 1.165) is 31.5 Å². The molecule has 3 rings (SSSR count). The number of nitrogens with one attached hydrogen (secondary N) is 2. The Morgan fingerprint density at radius 3 is 2.61 bits per heavy atom. The summed E-state index contributed by atoms with van der Waals surface area (Å²) < 4.78 is 19.8. The number of amides is 1. The summed E-state index contributed by atoms with van der Waals surface area (Å²) in [5.74, 6) is 0.411. The lowest BCUT2D eigenvalue weighted by Crippen LogP contribution is -2.44. The van der Waals surface area contributed by atoms with Gasteiger partial charge in [0.1, 0.15) is 5.82 Å². The summed E-state index contributed by atoms with van der Waals surface area (Å²) in [6.07, 6.45) is 2.15. The molecular weight excluding hydrogens is 361 g/mol. The number of benzene rings is 1. The van der Waals surface area contributed by atoms with Gasteiger partial charge in [0.15, 0.2) is 5.96 Å². The van der Waals surface area contributed by atoms with Gasteiger partial charge in [-0.2, -0.15) is 0 Å². The number of carbonyl (C=O) groups is 1. The Morgan fingerprint density at radius 1 is 1.18 bits per heavy atom. The highest BCUT2D eigenvalue weighted by molar-refractivity contribution is 5.86. The molecule has 1 aromatic rings. The fraction of sp³-hybridized carbons (Fsp3) is 0.600. The number of aliphatic imine (C=N–C) groups is 1. The monoisotopic (exact) mass is 391 g/mol. The number of halogens is 1. The molecule has 28 heavy (non-hydrogen) atoms. The molecule has 154 valence electrons. The van der Waals surface area contributed by atoms with E-state index in [1.807, 2.05) is 28.9 Å². The van der Waals surface area contributed by atoms with Gasteiger partial charge in [0.2, 0.25) is 5.91 Å². The Kier molecular flexibility index (Phi) is 7.47. The van der Waals surface area contributed by atoms with Crippen LogP contribution in [0.25, 0.3) is 0 Å². The standard InChI is InChI=1S/C20H30FN5O2/c1-2-22-20(24-15-19(27)26-7-3-4-8-26)23-14-16-5-6-18(17(21)13-16)25-9-11-28-12-10-25/h5-6,13H,2-4,7-12,14-15H2,1H3,(H2,22,23,24). The van der Waals surface area contributed by atoms with Gasteiger partial charge in [0.05, 0.1) is 32.0 Å². The van der Waals surface area contributed by atoms with Crippen LogP contribution in [0.3, 0.4) is 0 Å². The first-order valence-corrected chi connectivity index (χ1v) is 10.1. The second kappa shape index (κ2) is 10.3. The lowest BCUT2D eigenvalue weighted by Gasteiger charge is -2.29. The molecule has 0 spiro atoms. The van der Waals surface area contributed by atoms with Crippen molar-refractivity contribution in [2.24, 2.45) is 4.99 Å². The van der Waals surface area contributed by atoms with Crippen molar-refractivity contribution >= 4 is 17.6 Å². The summed E-state index contributed by atoms with van der Waals surface area (Å²) in [7, 11) is 0. The van der Waals surface area contributed by atoms with Crippen LogP contribution in [0.2, 0.25) is 0 Å². The first-order chi connectivity index (χ1) is 13.7. The van der Waals surface area contributed by atoms with E-state index < -0.39 is 0 Å². The van der Waals surface area contributed by atoms with Gasteiger partial charge in [-0.05, 0) is 37.5 Å². The smallest absolute Gasteiger partial charge is 0.241 e. The summed E-state index contributed by atoms with van der Waals surface area (Å²) in [5.41, 5.74) is 1.40. The first-order valence-electron chi connectivity index (χ1n) is 10.1. The molecule has 0 bridgehead atoms. The minimum Gasteiger partial charge on any atom is -0.378 e. The van der Waals surface area contributed by atoms with E-state index in [0.29, 0.717) is 51.0 Å². The molecule has 2 aliphatic heterocycles. The molecule has 0 saturated carbocycles. The molecule has 2 fully saturated rings. The minimum atomic E-state index is -0.239. The number of hydrogen-bond acceptors (Lipinski definition) is 4. The molecule has 0 aromatic heterocycles. The van der Waals surface area contributed by atoms with Crippen molar-refractivity contribution in [2.45, 2.75) is 26.3 Å². The highest BCUT2D eigenvalue weighted by Crippen LogP contribution is 2.22. The van der Waals surface area contributed by atoms with Gasteiger partial charge in [-0.15, -0.1) is 0 Å². The number of nitrogens with zero attached hydrogens (tertiary/aromatic N) is 3. The van der Waals surface area contributed by atoms with Crippen LogP contribution >= 0.6 is 0 Å². The Bertz CT molecular complexity index is 685. The van der Waals surface area contributed by atoms with E-state index in [-0.39, 0.29) is 18.3 Å². The molecule has 7 nitrogen and oxygen atoms in total. The van der Waals surface area contributed by atoms with Crippen LogP contribution in [0.1, 0.15) is 25.3 Å². The maximum Gasteiger partial charge on any atom is 0.241 e. The van der Waals surface area contributed by atoms with Gasteiger partial charge >= 0.3 is 0 Å². The van der Waals surface area contributed by atoms with Crippen LogP contribution in [-0.4, -0.2) is 69.2 Å². The molecule has 1 aromatic carbocycles. The summed E-state index contributed by atoms with van der Waals surface area (Å²) >= 11 is 0. The van der Waals surface area contributed by atoms with Gasteiger partial charge in [-0.25, -0.2) is 9.38 Å². The van der Waals surface area contributed by atoms with Crippen molar-refractivity contribution in [2.75, 3.05) is 57.4 Å². The van der Waals surface area contributed by atoms with E-state index >= 15 is 0 Å². The second-order valence-electron chi connectivity index (χ2n) is 7.02. The van der Waals surface area contributed by atoms with Crippen LogP contribution < -0.4 is 15.5 Å².